The number of hydrogen-bond donors (Lipinski definition) is 1. The number of hydrogen-bond acceptors (Lipinski definition) is 8. The van der Waals surface area contributed by atoms with Gasteiger partial charge in [-0.3, -0.25) is 14.5 Å². The quantitative estimate of drug-likeness (QED) is 0.215. The van der Waals surface area contributed by atoms with E-state index in [4.69, 9.17) is 14.2 Å². The fourth-order valence-corrected chi connectivity index (χ4v) is 5.31. The maximum Gasteiger partial charge on any atom is 0.301 e. The van der Waals surface area contributed by atoms with Gasteiger partial charge < -0.3 is 19.3 Å². The Morgan fingerprint density at radius 1 is 0.973 bits per heavy atom. The molecule has 8 nitrogen and oxygen atoms in total. The van der Waals surface area contributed by atoms with Crippen LogP contribution in [0.2, 0.25) is 0 Å². The van der Waals surface area contributed by atoms with Crippen LogP contribution in [0.5, 0.6) is 17.2 Å². The van der Waals surface area contributed by atoms with Gasteiger partial charge in [-0.05, 0) is 54.1 Å². The van der Waals surface area contributed by atoms with Crippen molar-refractivity contribution in [2.24, 2.45) is 0 Å². The fourth-order valence-electron chi connectivity index (χ4n) is 4.29. The number of nitrogens with zero attached hydrogens (tertiary/aromatic N) is 2. The number of ketones is 1. The van der Waals surface area contributed by atoms with Gasteiger partial charge in [0.1, 0.15) is 28.8 Å². The van der Waals surface area contributed by atoms with Crippen molar-refractivity contribution in [1.82, 2.24) is 4.98 Å². The van der Waals surface area contributed by atoms with Crippen LogP contribution in [0.4, 0.5) is 9.52 Å². The van der Waals surface area contributed by atoms with Gasteiger partial charge in [-0.1, -0.05) is 23.5 Å². The van der Waals surface area contributed by atoms with Gasteiger partial charge in [-0.2, -0.15) is 0 Å². The maximum atomic E-state index is 13.8. The Hall–Kier alpha value is -4.44. The summed E-state index contributed by atoms with van der Waals surface area (Å²) in [7, 11) is 4.40. The number of amides is 1. The molecule has 37 heavy (non-hydrogen) atoms. The minimum Gasteiger partial charge on any atom is -0.507 e. The Labute approximate surface area is 215 Å². The van der Waals surface area contributed by atoms with Crippen LogP contribution in [-0.2, 0) is 9.59 Å². The summed E-state index contributed by atoms with van der Waals surface area (Å²) in [6.07, 6.45) is 0. The standard InChI is InChI=1S/C27H21FN2O6S/c1-34-16-6-4-5-14(11-16)23-22(24(31)18-13-17(35-2)8-10-20(18)36-3)25(32)26(33)30(23)27-29-19-9-7-15(28)12-21(19)37-27/h4-13,23,31H,1-3H3/b24-22+. The number of halogens is 1. The SMILES string of the molecule is COc1cccc(C2/C(=C(\O)c3cc(OC)ccc3OC)C(=O)C(=O)N2c2nc3ccc(F)cc3s2)c1. The number of anilines is 1. The summed E-state index contributed by atoms with van der Waals surface area (Å²) in [5.74, 6) is -1.47. The molecule has 5 rings (SSSR count). The Kier molecular flexibility index (Phi) is 6.26. The van der Waals surface area contributed by atoms with E-state index in [0.717, 1.165) is 11.3 Å². The number of ether oxygens (including phenoxy) is 3. The van der Waals surface area contributed by atoms with Crippen LogP contribution in [0, 0.1) is 5.82 Å². The molecule has 1 amide bonds. The van der Waals surface area contributed by atoms with Gasteiger partial charge in [0.2, 0.25) is 0 Å². The second-order valence-electron chi connectivity index (χ2n) is 8.12. The van der Waals surface area contributed by atoms with Crippen LogP contribution in [-0.4, -0.2) is 43.1 Å². The molecule has 1 aliphatic heterocycles. The van der Waals surface area contributed by atoms with E-state index in [1.54, 1.807) is 36.4 Å². The molecule has 10 heteroatoms. The summed E-state index contributed by atoms with van der Waals surface area (Å²) in [6.45, 7) is 0. The van der Waals surface area contributed by atoms with Crippen molar-refractivity contribution in [1.29, 1.82) is 0 Å². The highest BCUT2D eigenvalue weighted by Crippen LogP contribution is 2.46. The number of methoxy groups -OCH3 is 3. The van der Waals surface area contributed by atoms with Gasteiger partial charge in [0.25, 0.3) is 5.78 Å². The number of thiazole rings is 1. The van der Waals surface area contributed by atoms with E-state index in [0.29, 0.717) is 27.3 Å². The van der Waals surface area contributed by atoms with E-state index in [2.05, 4.69) is 4.98 Å². The summed E-state index contributed by atoms with van der Waals surface area (Å²) in [6, 6.07) is 14.6. The van der Waals surface area contributed by atoms with E-state index in [1.165, 1.54) is 50.5 Å². The second-order valence-corrected chi connectivity index (χ2v) is 9.13. The van der Waals surface area contributed by atoms with Gasteiger partial charge >= 0.3 is 5.91 Å². The van der Waals surface area contributed by atoms with E-state index in [-0.39, 0.29) is 22.0 Å². The largest absolute Gasteiger partial charge is 0.507 e. The molecule has 3 aromatic carbocycles. The van der Waals surface area contributed by atoms with Crippen molar-refractivity contribution in [3.05, 3.63) is 83.2 Å². The first-order valence-electron chi connectivity index (χ1n) is 11.1. The molecule has 188 valence electrons. The van der Waals surface area contributed by atoms with Crippen molar-refractivity contribution in [3.63, 3.8) is 0 Å². The van der Waals surface area contributed by atoms with Crippen LogP contribution in [0.25, 0.3) is 16.0 Å². The van der Waals surface area contributed by atoms with Gasteiger partial charge in [-0.25, -0.2) is 9.37 Å². The highest BCUT2D eigenvalue weighted by atomic mass is 32.1. The predicted octanol–water partition coefficient (Wildman–Crippen LogP) is 5.09. The molecule has 1 saturated heterocycles. The number of aromatic nitrogens is 1. The number of carbonyl (C=O) groups excluding carboxylic acids is 2. The van der Waals surface area contributed by atoms with Crippen LogP contribution in [0.3, 0.4) is 0 Å². The molecule has 1 aliphatic rings. The Morgan fingerprint density at radius 3 is 2.46 bits per heavy atom. The first-order chi connectivity index (χ1) is 17.9. The lowest BCUT2D eigenvalue weighted by Crippen LogP contribution is -2.29. The molecule has 1 aromatic heterocycles. The van der Waals surface area contributed by atoms with Gasteiger partial charge in [0.05, 0.1) is 48.7 Å². The Bertz CT molecular complexity index is 1580. The zero-order valence-corrected chi connectivity index (χ0v) is 20.8. The molecule has 1 fully saturated rings. The number of aliphatic hydroxyl groups excluding tert-OH is 1. The molecule has 0 aliphatic carbocycles. The monoisotopic (exact) mass is 520 g/mol. The second kappa shape index (κ2) is 9.55. The van der Waals surface area contributed by atoms with Crippen LogP contribution in [0.1, 0.15) is 17.2 Å². The van der Waals surface area contributed by atoms with Gasteiger partial charge in [0, 0.05) is 0 Å². The molecule has 0 radical (unpaired) electrons. The molecule has 0 bridgehead atoms. The summed E-state index contributed by atoms with van der Waals surface area (Å²) < 4.78 is 30.4. The Balaban J connectivity index is 1.77. The average Bonchev–Trinajstić information content (AvgIpc) is 3.45. The van der Waals surface area contributed by atoms with Crippen LogP contribution < -0.4 is 19.1 Å². The predicted molar refractivity (Wildman–Crippen MR) is 137 cm³/mol. The number of aliphatic hydroxyl groups is 1. The highest BCUT2D eigenvalue weighted by molar-refractivity contribution is 7.22. The van der Waals surface area contributed by atoms with E-state index in [9.17, 15) is 19.1 Å². The van der Waals surface area contributed by atoms with Crippen LogP contribution in [0.15, 0.2) is 66.2 Å². The first-order valence-corrected chi connectivity index (χ1v) is 11.9. The van der Waals surface area contributed by atoms with Crippen molar-refractivity contribution < 1.29 is 33.3 Å². The smallest absolute Gasteiger partial charge is 0.301 e. The van der Waals surface area contributed by atoms with Gasteiger partial charge in [0.15, 0.2) is 5.13 Å². The zero-order chi connectivity index (χ0) is 26.3. The average molecular weight is 521 g/mol. The summed E-state index contributed by atoms with van der Waals surface area (Å²) in [4.78, 5) is 32.6. The molecular weight excluding hydrogens is 499 g/mol. The molecule has 1 unspecified atom stereocenters. The van der Waals surface area contributed by atoms with Crippen molar-refractivity contribution in [2.75, 3.05) is 26.2 Å². The number of carbonyl (C=O) groups is 2. The normalized spacial score (nSPS) is 16.9. The lowest BCUT2D eigenvalue weighted by molar-refractivity contribution is -0.132. The number of Topliss-reactive ketones (excluding diaryl/α,β-unsaturated/α-hetero) is 1. The highest BCUT2D eigenvalue weighted by Gasteiger charge is 2.48. The number of benzene rings is 3. The molecule has 0 saturated carbocycles. The van der Waals surface area contributed by atoms with E-state index < -0.39 is 29.3 Å². The minimum atomic E-state index is -1.04. The molecule has 1 N–H and O–H groups in total. The molecular formula is C27H21FN2O6S. The minimum absolute atomic E-state index is 0.157. The number of rotatable bonds is 6. The van der Waals surface area contributed by atoms with Crippen LogP contribution >= 0.6 is 11.3 Å². The fraction of sp³-hybridized carbons (Fsp3) is 0.148. The first kappa shape index (κ1) is 24.3. The Morgan fingerprint density at radius 2 is 1.73 bits per heavy atom. The van der Waals surface area contributed by atoms with Crippen molar-refractivity contribution in [2.45, 2.75) is 6.04 Å². The zero-order valence-electron chi connectivity index (χ0n) is 20.0. The molecule has 1 atom stereocenters. The number of fused-ring (bicyclic) bond motifs is 1. The summed E-state index contributed by atoms with van der Waals surface area (Å²) >= 11 is 1.07. The lowest BCUT2D eigenvalue weighted by atomic mass is 9.95. The maximum absolute atomic E-state index is 13.8. The van der Waals surface area contributed by atoms with E-state index in [1.807, 2.05) is 0 Å². The summed E-state index contributed by atoms with van der Waals surface area (Å²) in [5, 5.41) is 11.7. The van der Waals surface area contributed by atoms with Crippen molar-refractivity contribution >= 4 is 44.1 Å². The molecule has 4 aromatic rings. The third kappa shape index (κ3) is 4.15. The third-order valence-corrected chi connectivity index (χ3v) is 7.08. The molecule has 2 heterocycles. The molecule has 0 spiro atoms. The van der Waals surface area contributed by atoms with E-state index >= 15 is 0 Å². The third-order valence-electron chi connectivity index (χ3n) is 6.06. The van der Waals surface area contributed by atoms with Crippen molar-refractivity contribution in [3.8, 4) is 17.2 Å². The lowest BCUT2D eigenvalue weighted by Gasteiger charge is -2.23. The van der Waals surface area contributed by atoms with Gasteiger partial charge in [-0.15, -0.1) is 0 Å². The summed E-state index contributed by atoms with van der Waals surface area (Å²) in [5.41, 5.74) is 1.00. The topological polar surface area (TPSA) is 98.2 Å².